The lowest BCUT2D eigenvalue weighted by Crippen LogP contribution is -2.59. The van der Waals surface area contributed by atoms with E-state index in [0.29, 0.717) is 32.6 Å². The number of carbonyl (C=O) groups excluding carboxylic acids is 3. The molecule has 8 nitrogen and oxygen atoms in total. The zero-order valence-corrected chi connectivity index (χ0v) is 24.2. The fourth-order valence-electron chi connectivity index (χ4n) is 7.27. The Morgan fingerprint density at radius 3 is 2.35 bits per heavy atom. The van der Waals surface area contributed by atoms with Gasteiger partial charge >= 0.3 is 0 Å². The third-order valence-electron chi connectivity index (χ3n) is 9.01. The summed E-state index contributed by atoms with van der Waals surface area (Å²) >= 11 is 0. The van der Waals surface area contributed by atoms with E-state index in [9.17, 15) is 19.5 Å². The van der Waals surface area contributed by atoms with Gasteiger partial charge in [0.2, 0.25) is 17.7 Å². The normalized spacial score (nSPS) is 32.3. The first-order valence-electron chi connectivity index (χ1n) is 14.8. The van der Waals surface area contributed by atoms with Crippen molar-refractivity contribution >= 4 is 17.7 Å². The van der Waals surface area contributed by atoms with Crippen LogP contribution < -0.4 is 0 Å². The van der Waals surface area contributed by atoms with E-state index in [2.05, 4.69) is 6.92 Å². The number of aliphatic hydroxyl groups excluding tert-OH is 1. The fourth-order valence-corrected chi connectivity index (χ4v) is 7.27. The van der Waals surface area contributed by atoms with Crippen LogP contribution in [-0.4, -0.2) is 87.1 Å². The van der Waals surface area contributed by atoms with Crippen molar-refractivity contribution in [3.05, 3.63) is 60.2 Å². The van der Waals surface area contributed by atoms with E-state index >= 15 is 0 Å². The van der Waals surface area contributed by atoms with Crippen molar-refractivity contribution in [2.24, 2.45) is 17.8 Å². The molecular weight excluding hydrogens is 506 g/mol. The van der Waals surface area contributed by atoms with Gasteiger partial charge in [0.25, 0.3) is 0 Å². The van der Waals surface area contributed by atoms with E-state index in [1.165, 1.54) is 0 Å². The maximum absolute atomic E-state index is 14.6. The number of carbonyl (C=O) groups is 3. The quantitative estimate of drug-likeness (QED) is 0.478. The molecule has 1 aromatic carbocycles. The number of likely N-dealkylation sites (tertiary alicyclic amines) is 1. The number of amides is 3. The van der Waals surface area contributed by atoms with Gasteiger partial charge in [-0.3, -0.25) is 14.4 Å². The number of rotatable bonds is 9. The van der Waals surface area contributed by atoms with Crippen molar-refractivity contribution in [1.82, 2.24) is 14.7 Å². The Morgan fingerprint density at radius 1 is 0.975 bits per heavy atom. The summed E-state index contributed by atoms with van der Waals surface area (Å²) in [6, 6.07) is 8.33. The van der Waals surface area contributed by atoms with E-state index in [-0.39, 0.29) is 30.2 Å². The van der Waals surface area contributed by atoms with E-state index in [0.717, 1.165) is 18.4 Å². The molecule has 1 spiro atoms. The van der Waals surface area contributed by atoms with Gasteiger partial charge < -0.3 is 24.5 Å². The number of hydrogen-bond acceptors (Lipinski definition) is 5. The second-order valence-electron chi connectivity index (χ2n) is 12.4. The zero-order chi connectivity index (χ0) is 28.7. The molecule has 2 saturated heterocycles. The molecule has 0 aromatic heterocycles. The monoisotopic (exact) mass is 549 g/mol. The van der Waals surface area contributed by atoms with Gasteiger partial charge in [-0.15, -0.1) is 0 Å². The van der Waals surface area contributed by atoms with E-state index in [1.807, 2.05) is 75.4 Å². The topological polar surface area (TPSA) is 90.4 Å². The highest BCUT2D eigenvalue weighted by Gasteiger charge is 2.75. The van der Waals surface area contributed by atoms with Gasteiger partial charge in [0.1, 0.15) is 11.6 Å². The van der Waals surface area contributed by atoms with Crippen LogP contribution in [0.1, 0.15) is 52.5 Å². The molecule has 1 aromatic rings. The second-order valence-corrected chi connectivity index (χ2v) is 12.4. The van der Waals surface area contributed by atoms with Crippen LogP contribution in [-0.2, 0) is 25.7 Å². The Balaban J connectivity index is 1.60. The zero-order valence-electron chi connectivity index (χ0n) is 24.2. The Morgan fingerprint density at radius 2 is 1.68 bits per heavy atom. The minimum Gasteiger partial charge on any atom is -0.394 e. The van der Waals surface area contributed by atoms with Crippen molar-refractivity contribution in [1.29, 1.82) is 0 Å². The van der Waals surface area contributed by atoms with Crippen LogP contribution in [0.2, 0.25) is 0 Å². The van der Waals surface area contributed by atoms with Gasteiger partial charge in [-0.25, -0.2) is 0 Å². The van der Waals surface area contributed by atoms with Gasteiger partial charge in [0, 0.05) is 26.2 Å². The standard InChI is InChI=1S/C32H43N3O5/c1-5-6-16-33-17-11-15-32-26(29(38)35(27(32)30(33)39)24(21-36)19-22(2)3)25-28(37)34(18-10-14-31(25,4)40-32)20-23-12-8-7-9-13-23/h7-15,22,24-27,36H,5-6,16-21H2,1-4H3/t24-,25-,26+,27?,31+,32+/m1/s1. The predicted octanol–water partition coefficient (Wildman–Crippen LogP) is 3.16. The lowest BCUT2D eigenvalue weighted by Gasteiger charge is -2.40. The Hall–Kier alpha value is -2.97. The SMILES string of the molecule is CCCCN1CC=C[C@]23O[C@@]4(C)C=CCN(Cc5ccccc5)C(=O)[C@H]4[C@H]2C(=O)N([C@@H](CO)CC(C)C)C3C1=O. The summed E-state index contributed by atoms with van der Waals surface area (Å²) in [7, 11) is 0. The van der Waals surface area contributed by atoms with Crippen LogP contribution in [0.3, 0.4) is 0 Å². The molecule has 0 bridgehead atoms. The van der Waals surface area contributed by atoms with Crippen LogP contribution in [0, 0.1) is 17.8 Å². The molecule has 4 aliphatic heterocycles. The molecule has 2 fully saturated rings. The molecule has 0 radical (unpaired) electrons. The Kier molecular flexibility index (Phi) is 7.94. The van der Waals surface area contributed by atoms with Crippen LogP contribution in [0.5, 0.6) is 0 Å². The van der Waals surface area contributed by atoms with Crippen molar-refractivity contribution in [2.45, 2.75) is 76.8 Å². The van der Waals surface area contributed by atoms with Gasteiger partial charge in [0.15, 0.2) is 0 Å². The summed E-state index contributed by atoms with van der Waals surface area (Å²) in [4.78, 5) is 48.4. The molecule has 4 aliphatic rings. The molecule has 216 valence electrons. The molecule has 6 atom stereocenters. The van der Waals surface area contributed by atoms with Gasteiger partial charge in [0.05, 0.1) is 30.1 Å². The molecule has 8 heteroatoms. The molecule has 3 amide bonds. The summed E-state index contributed by atoms with van der Waals surface area (Å²) in [5, 5.41) is 10.5. The number of fused-ring (bicyclic) bond motifs is 2. The maximum Gasteiger partial charge on any atom is 0.249 e. The number of benzene rings is 1. The highest BCUT2D eigenvalue weighted by atomic mass is 16.5. The lowest BCUT2D eigenvalue weighted by molar-refractivity contribution is -0.156. The first-order valence-corrected chi connectivity index (χ1v) is 14.8. The number of ether oxygens (including phenoxy) is 1. The van der Waals surface area contributed by atoms with Crippen molar-refractivity contribution in [2.75, 3.05) is 26.2 Å². The smallest absolute Gasteiger partial charge is 0.249 e. The van der Waals surface area contributed by atoms with Crippen LogP contribution in [0.4, 0.5) is 0 Å². The molecule has 5 rings (SSSR count). The summed E-state index contributed by atoms with van der Waals surface area (Å²) in [6.45, 7) is 9.61. The van der Waals surface area contributed by atoms with Gasteiger partial charge in [-0.1, -0.05) is 81.8 Å². The van der Waals surface area contributed by atoms with Crippen molar-refractivity contribution in [3.8, 4) is 0 Å². The molecule has 0 saturated carbocycles. The largest absolute Gasteiger partial charge is 0.394 e. The number of unbranched alkanes of at least 4 members (excludes halogenated alkanes) is 1. The Bertz CT molecular complexity index is 1180. The molecule has 1 N–H and O–H groups in total. The van der Waals surface area contributed by atoms with Gasteiger partial charge in [-0.05, 0) is 31.2 Å². The average Bonchev–Trinajstić information content (AvgIpc) is 3.21. The number of aliphatic hydroxyl groups is 1. The Labute approximate surface area is 237 Å². The molecule has 0 aliphatic carbocycles. The van der Waals surface area contributed by atoms with E-state index in [1.54, 1.807) is 14.7 Å². The maximum atomic E-state index is 14.6. The minimum absolute atomic E-state index is 0.149. The van der Waals surface area contributed by atoms with Crippen LogP contribution >= 0.6 is 0 Å². The highest BCUT2D eigenvalue weighted by molar-refractivity contribution is 6.00. The number of hydrogen-bond donors (Lipinski definition) is 1. The van der Waals surface area contributed by atoms with E-state index < -0.39 is 35.1 Å². The summed E-state index contributed by atoms with van der Waals surface area (Å²) in [6.07, 6.45) is 10.0. The average molecular weight is 550 g/mol. The summed E-state index contributed by atoms with van der Waals surface area (Å²) < 4.78 is 6.91. The summed E-state index contributed by atoms with van der Waals surface area (Å²) in [5.41, 5.74) is -1.34. The summed E-state index contributed by atoms with van der Waals surface area (Å²) in [5.74, 6) is -2.07. The van der Waals surface area contributed by atoms with E-state index in [4.69, 9.17) is 4.74 Å². The van der Waals surface area contributed by atoms with Crippen LogP contribution in [0.15, 0.2) is 54.6 Å². The fraction of sp³-hybridized carbons (Fsp3) is 0.594. The molecule has 40 heavy (non-hydrogen) atoms. The van der Waals surface area contributed by atoms with Gasteiger partial charge in [-0.2, -0.15) is 0 Å². The first-order chi connectivity index (χ1) is 19.2. The molecular formula is C32H43N3O5. The lowest BCUT2D eigenvalue weighted by atomic mass is 9.74. The van der Waals surface area contributed by atoms with Crippen molar-refractivity contribution < 1.29 is 24.2 Å². The third-order valence-corrected chi connectivity index (χ3v) is 9.01. The third kappa shape index (κ3) is 4.69. The molecule has 4 heterocycles. The van der Waals surface area contributed by atoms with Crippen LogP contribution in [0.25, 0.3) is 0 Å². The second kappa shape index (κ2) is 11.1. The first kappa shape index (κ1) is 28.6. The van der Waals surface area contributed by atoms with Crippen molar-refractivity contribution in [3.63, 3.8) is 0 Å². The highest BCUT2D eigenvalue weighted by Crippen LogP contribution is 2.58. The minimum atomic E-state index is -1.30. The number of nitrogens with zero attached hydrogens (tertiary/aromatic N) is 3. The molecule has 1 unspecified atom stereocenters. The predicted molar refractivity (Wildman–Crippen MR) is 152 cm³/mol.